The Labute approximate surface area is 127 Å². The van der Waals surface area contributed by atoms with Crippen molar-refractivity contribution < 1.29 is 4.92 Å². The Hall–Kier alpha value is -3.21. The Balaban J connectivity index is 1.71. The average molecular weight is 291 g/mol. The maximum Gasteiger partial charge on any atom is 0.269 e. The van der Waals surface area contributed by atoms with E-state index in [1.807, 2.05) is 24.3 Å². The lowest BCUT2D eigenvalue weighted by Gasteiger charge is -2.01. The molecular weight excluding hydrogens is 278 g/mol. The molecule has 0 unspecified atom stereocenters. The fourth-order valence-corrected chi connectivity index (χ4v) is 2.13. The van der Waals surface area contributed by atoms with Crippen molar-refractivity contribution in [2.24, 2.45) is 5.10 Å². The molecule has 0 bridgehead atoms. The Morgan fingerprint density at radius 1 is 0.955 bits per heavy atom. The van der Waals surface area contributed by atoms with Crippen molar-refractivity contribution in [3.63, 3.8) is 0 Å². The van der Waals surface area contributed by atoms with Gasteiger partial charge in [-0.3, -0.25) is 15.5 Å². The van der Waals surface area contributed by atoms with Gasteiger partial charge in [-0.05, 0) is 34.5 Å². The highest BCUT2D eigenvalue weighted by molar-refractivity contribution is 5.90. The highest BCUT2D eigenvalue weighted by atomic mass is 16.6. The molecule has 0 amide bonds. The minimum Gasteiger partial charge on any atom is -0.278 e. The number of benzene rings is 3. The molecule has 0 spiro atoms. The minimum absolute atomic E-state index is 0.0593. The third-order valence-corrected chi connectivity index (χ3v) is 3.26. The van der Waals surface area contributed by atoms with E-state index in [0.29, 0.717) is 5.69 Å². The number of nitro benzene ring substituents is 1. The van der Waals surface area contributed by atoms with Gasteiger partial charge in [0, 0.05) is 12.1 Å². The quantitative estimate of drug-likeness (QED) is 0.445. The first-order valence-electron chi connectivity index (χ1n) is 6.75. The van der Waals surface area contributed by atoms with Crippen molar-refractivity contribution in [2.75, 3.05) is 5.43 Å². The summed E-state index contributed by atoms with van der Waals surface area (Å²) in [5, 5.41) is 17.1. The van der Waals surface area contributed by atoms with Gasteiger partial charge in [0.05, 0.1) is 16.8 Å². The number of nitrogens with zero attached hydrogens (tertiary/aromatic N) is 2. The van der Waals surface area contributed by atoms with E-state index in [1.54, 1.807) is 18.3 Å². The van der Waals surface area contributed by atoms with Crippen LogP contribution in [-0.2, 0) is 0 Å². The Morgan fingerprint density at radius 3 is 2.41 bits per heavy atom. The zero-order valence-corrected chi connectivity index (χ0v) is 11.6. The topological polar surface area (TPSA) is 67.5 Å². The molecule has 1 N–H and O–H groups in total. The van der Waals surface area contributed by atoms with Crippen LogP contribution in [0.1, 0.15) is 5.56 Å². The lowest BCUT2D eigenvalue weighted by Crippen LogP contribution is -1.92. The molecule has 0 aliphatic rings. The number of hydrogen-bond acceptors (Lipinski definition) is 4. The van der Waals surface area contributed by atoms with Crippen LogP contribution in [0.2, 0.25) is 0 Å². The van der Waals surface area contributed by atoms with E-state index in [2.05, 4.69) is 28.7 Å². The van der Waals surface area contributed by atoms with E-state index in [4.69, 9.17) is 0 Å². The number of non-ortho nitro benzene ring substituents is 1. The van der Waals surface area contributed by atoms with Gasteiger partial charge in [-0.1, -0.05) is 36.4 Å². The van der Waals surface area contributed by atoms with E-state index < -0.39 is 4.92 Å². The lowest BCUT2D eigenvalue weighted by atomic mass is 10.1. The van der Waals surface area contributed by atoms with Crippen LogP contribution < -0.4 is 5.43 Å². The summed E-state index contributed by atoms with van der Waals surface area (Å²) < 4.78 is 0. The van der Waals surface area contributed by atoms with Crippen LogP contribution >= 0.6 is 0 Å². The van der Waals surface area contributed by atoms with Gasteiger partial charge in [0.25, 0.3) is 5.69 Å². The van der Waals surface area contributed by atoms with E-state index in [9.17, 15) is 10.1 Å². The van der Waals surface area contributed by atoms with Crippen LogP contribution in [0, 0.1) is 10.1 Å². The summed E-state index contributed by atoms with van der Waals surface area (Å²) in [6.07, 6.45) is 1.72. The molecule has 108 valence electrons. The van der Waals surface area contributed by atoms with E-state index in [1.165, 1.54) is 17.5 Å². The Bertz CT molecular complexity index is 842. The predicted molar refractivity (Wildman–Crippen MR) is 88.3 cm³/mol. The van der Waals surface area contributed by atoms with Crippen LogP contribution in [0.25, 0.3) is 10.8 Å². The molecule has 0 atom stereocenters. The van der Waals surface area contributed by atoms with Crippen LogP contribution in [0.5, 0.6) is 0 Å². The summed E-state index contributed by atoms with van der Waals surface area (Å²) in [7, 11) is 0. The van der Waals surface area contributed by atoms with Gasteiger partial charge in [-0.25, -0.2) is 0 Å². The fourth-order valence-electron chi connectivity index (χ4n) is 2.13. The normalized spacial score (nSPS) is 10.9. The number of anilines is 1. The third-order valence-electron chi connectivity index (χ3n) is 3.26. The van der Waals surface area contributed by atoms with Crippen LogP contribution in [0.3, 0.4) is 0 Å². The summed E-state index contributed by atoms with van der Waals surface area (Å²) in [6, 6.07) is 20.3. The highest BCUT2D eigenvalue weighted by Crippen LogP contribution is 2.16. The number of nitro groups is 1. The maximum atomic E-state index is 10.6. The maximum absolute atomic E-state index is 10.6. The van der Waals surface area contributed by atoms with E-state index in [-0.39, 0.29) is 5.69 Å². The van der Waals surface area contributed by atoms with E-state index in [0.717, 1.165) is 10.9 Å². The van der Waals surface area contributed by atoms with Gasteiger partial charge >= 0.3 is 0 Å². The molecule has 0 saturated carbocycles. The van der Waals surface area contributed by atoms with Crippen molar-refractivity contribution in [1.82, 2.24) is 0 Å². The highest BCUT2D eigenvalue weighted by Gasteiger charge is 2.02. The second kappa shape index (κ2) is 6.05. The van der Waals surface area contributed by atoms with Crippen LogP contribution in [0.4, 0.5) is 11.4 Å². The predicted octanol–water partition coefficient (Wildman–Crippen LogP) is 4.19. The van der Waals surface area contributed by atoms with Crippen molar-refractivity contribution in [2.45, 2.75) is 0 Å². The monoisotopic (exact) mass is 291 g/mol. The summed E-state index contributed by atoms with van der Waals surface area (Å²) in [5.41, 5.74) is 4.59. The number of nitrogens with one attached hydrogen (secondary N) is 1. The van der Waals surface area contributed by atoms with Gasteiger partial charge in [-0.2, -0.15) is 5.10 Å². The van der Waals surface area contributed by atoms with Crippen molar-refractivity contribution >= 4 is 28.4 Å². The smallest absolute Gasteiger partial charge is 0.269 e. The molecule has 0 radical (unpaired) electrons. The molecule has 0 saturated heterocycles. The molecule has 3 aromatic rings. The Kier molecular flexibility index (Phi) is 3.78. The van der Waals surface area contributed by atoms with Crippen molar-refractivity contribution in [3.8, 4) is 0 Å². The Morgan fingerprint density at radius 2 is 1.68 bits per heavy atom. The molecule has 3 rings (SSSR count). The average Bonchev–Trinajstić information content (AvgIpc) is 2.55. The number of hydrogen-bond donors (Lipinski definition) is 1. The first kappa shape index (κ1) is 13.8. The molecule has 0 aliphatic carbocycles. The number of fused-ring (bicyclic) bond motifs is 1. The lowest BCUT2D eigenvalue weighted by molar-refractivity contribution is -0.384. The number of rotatable bonds is 4. The molecule has 0 aromatic heterocycles. The van der Waals surface area contributed by atoms with Gasteiger partial charge in [0.15, 0.2) is 0 Å². The van der Waals surface area contributed by atoms with Crippen LogP contribution in [0.15, 0.2) is 71.8 Å². The fraction of sp³-hybridized carbons (Fsp3) is 0. The third kappa shape index (κ3) is 3.09. The molecule has 0 aliphatic heterocycles. The van der Waals surface area contributed by atoms with Gasteiger partial charge in [0.1, 0.15) is 0 Å². The molecule has 0 heterocycles. The van der Waals surface area contributed by atoms with Crippen molar-refractivity contribution in [3.05, 3.63) is 82.4 Å². The zero-order chi connectivity index (χ0) is 15.4. The molecule has 5 nitrogen and oxygen atoms in total. The van der Waals surface area contributed by atoms with Gasteiger partial charge < -0.3 is 0 Å². The van der Waals surface area contributed by atoms with Crippen LogP contribution in [-0.4, -0.2) is 11.1 Å². The standard InChI is InChI=1S/C17H13N3O2/c21-20(22)17-9-7-16(8-10-17)19-18-12-13-5-6-14-3-1-2-4-15(14)11-13/h1-12,19H/b18-12+. The molecule has 5 heteroatoms. The second-order valence-corrected chi connectivity index (χ2v) is 4.78. The summed E-state index contributed by atoms with van der Waals surface area (Å²) in [4.78, 5) is 10.1. The second-order valence-electron chi connectivity index (χ2n) is 4.78. The number of hydrazone groups is 1. The molecule has 0 fully saturated rings. The van der Waals surface area contributed by atoms with Crippen molar-refractivity contribution in [1.29, 1.82) is 0 Å². The molecule has 22 heavy (non-hydrogen) atoms. The zero-order valence-electron chi connectivity index (χ0n) is 11.6. The summed E-state index contributed by atoms with van der Waals surface area (Å²) in [5.74, 6) is 0. The first-order valence-corrected chi connectivity index (χ1v) is 6.75. The minimum atomic E-state index is -0.428. The molecule has 3 aromatic carbocycles. The first-order chi connectivity index (χ1) is 10.7. The summed E-state index contributed by atoms with van der Waals surface area (Å²) in [6.45, 7) is 0. The molecular formula is C17H13N3O2. The van der Waals surface area contributed by atoms with Gasteiger partial charge in [-0.15, -0.1) is 0 Å². The van der Waals surface area contributed by atoms with Gasteiger partial charge in [0.2, 0.25) is 0 Å². The summed E-state index contributed by atoms with van der Waals surface area (Å²) >= 11 is 0. The SMILES string of the molecule is O=[N+]([O-])c1ccc(N/N=C/c2ccc3ccccc3c2)cc1. The largest absolute Gasteiger partial charge is 0.278 e. The van der Waals surface area contributed by atoms with E-state index >= 15 is 0 Å².